The van der Waals surface area contributed by atoms with Crippen LogP contribution in [-0.4, -0.2) is 18.6 Å². The molecule has 0 aliphatic rings. The van der Waals surface area contributed by atoms with Crippen molar-refractivity contribution < 1.29 is 9.47 Å². The third-order valence-electron chi connectivity index (χ3n) is 2.84. The van der Waals surface area contributed by atoms with Crippen molar-refractivity contribution in [1.29, 1.82) is 0 Å². The maximum Gasteiger partial charge on any atom is 0.161 e. The number of rotatable bonds is 7. The van der Waals surface area contributed by atoms with E-state index in [9.17, 15) is 0 Å². The van der Waals surface area contributed by atoms with Crippen LogP contribution >= 0.6 is 0 Å². The first kappa shape index (κ1) is 14.2. The molecule has 1 aromatic carbocycles. The van der Waals surface area contributed by atoms with E-state index in [-0.39, 0.29) is 0 Å². The molecule has 0 unspecified atom stereocenters. The predicted octanol–water partition coefficient (Wildman–Crippen LogP) is 3.49. The minimum atomic E-state index is 0.474. The molecule has 1 heterocycles. The first-order valence-electron chi connectivity index (χ1n) is 6.78. The fourth-order valence-corrected chi connectivity index (χ4v) is 1.77. The Labute approximate surface area is 119 Å². The topological polar surface area (TPSA) is 43.4 Å². The van der Waals surface area contributed by atoms with Gasteiger partial charge in [0.15, 0.2) is 11.5 Å². The predicted molar refractivity (Wildman–Crippen MR) is 80.3 cm³/mol. The van der Waals surface area contributed by atoms with Crippen LogP contribution in [0.15, 0.2) is 42.6 Å². The number of aromatic nitrogens is 1. The van der Waals surface area contributed by atoms with Crippen molar-refractivity contribution in [3.05, 3.63) is 48.2 Å². The van der Waals surface area contributed by atoms with Crippen molar-refractivity contribution >= 4 is 5.82 Å². The summed E-state index contributed by atoms with van der Waals surface area (Å²) < 4.78 is 11.0. The Balaban J connectivity index is 1.93. The molecule has 1 N–H and O–H groups in total. The molecule has 4 nitrogen and oxygen atoms in total. The van der Waals surface area contributed by atoms with Gasteiger partial charge in [0.1, 0.15) is 12.4 Å². The Bertz CT molecular complexity index is 526. The summed E-state index contributed by atoms with van der Waals surface area (Å²) in [7, 11) is 1.64. The second kappa shape index (κ2) is 7.38. The van der Waals surface area contributed by atoms with Crippen LogP contribution in [0.3, 0.4) is 0 Å². The summed E-state index contributed by atoms with van der Waals surface area (Å²) in [5.41, 5.74) is 1.03. The van der Waals surface area contributed by atoms with Gasteiger partial charge in [-0.1, -0.05) is 25.1 Å². The molecule has 1 aromatic heterocycles. The molecule has 0 aliphatic carbocycles. The van der Waals surface area contributed by atoms with E-state index in [4.69, 9.17) is 9.47 Å². The summed E-state index contributed by atoms with van der Waals surface area (Å²) >= 11 is 0. The minimum absolute atomic E-state index is 0.474. The van der Waals surface area contributed by atoms with Gasteiger partial charge in [-0.25, -0.2) is 4.98 Å². The SMILES string of the molecule is CCCNc1ccc(COc2ccccc2OC)cn1. The van der Waals surface area contributed by atoms with E-state index in [2.05, 4.69) is 17.2 Å². The number of para-hydroxylation sites is 2. The summed E-state index contributed by atoms with van der Waals surface area (Å²) in [5, 5.41) is 3.24. The standard InChI is InChI=1S/C16H20N2O2/c1-3-10-17-16-9-8-13(11-18-16)12-20-15-7-5-4-6-14(15)19-2/h4-9,11H,3,10,12H2,1-2H3,(H,17,18). The zero-order chi connectivity index (χ0) is 14.2. The van der Waals surface area contributed by atoms with E-state index in [1.54, 1.807) is 7.11 Å². The molecule has 20 heavy (non-hydrogen) atoms. The van der Waals surface area contributed by atoms with E-state index in [0.29, 0.717) is 6.61 Å². The smallest absolute Gasteiger partial charge is 0.161 e. The van der Waals surface area contributed by atoms with E-state index in [1.165, 1.54) is 0 Å². The van der Waals surface area contributed by atoms with Crippen molar-refractivity contribution in [2.24, 2.45) is 0 Å². The third-order valence-corrected chi connectivity index (χ3v) is 2.84. The molecule has 2 aromatic rings. The van der Waals surface area contributed by atoms with Gasteiger partial charge in [0.05, 0.1) is 7.11 Å². The molecule has 0 aliphatic heterocycles. The molecular formula is C16H20N2O2. The van der Waals surface area contributed by atoms with Gasteiger partial charge in [0.25, 0.3) is 0 Å². The first-order valence-corrected chi connectivity index (χ1v) is 6.78. The van der Waals surface area contributed by atoms with Crippen LogP contribution in [0.5, 0.6) is 11.5 Å². The summed E-state index contributed by atoms with van der Waals surface area (Å²) in [4.78, 5) is 4.35. The quantitative estimate of drug-likeness (QED) is 0.838. The summed E-state index contributed by atoms with van der Waals surface area (Å²) in [6.45, 7) is 3.54. The van der Waals surface area contributed by atoms with Gasteiger partial charge >= 0.3 is 0 Å². The zero-order valence-corrected chi connectivity index (χ0v) is 11.9. The van der Waals surface area contributed by atoms with Crippen LogP contribution < -0.4 is 14.8 Å². The molecule has 0 atom stereocenters. The summed E-state index contributed by atoms with van der Waals surface area (Å²) in [5.74, 6) is 2.37. The van der Waals surface area contributed by atoms with Crippen molar-refractivity contribution in [2.45, 2.75) is 20.0 Å². The van der Waals surface area contributed by atoms with Crippen LogP contribution in [-0.2, 0) is 6.61 Å². The highest BCUT2D eigenvalue weighted by atomic mass is 16.5. The van der Waals surface area contributed by atoms with Gasteiger partial charge in [-0.2, -0.15) is 0 Å². The van der Waals surface area contributed by atoms with Crippen LogP contribution in [0.25, 0.3) is 0 Å². The van der Waals surface area contributed by atoms with Gasteiger partial charge in [-0.15, -0.1) is 0 Å². The fraction of sp³-hybridized carbons (Fsp3) is 0.312. The number of nitrogens with zero attached hydrogens (tertiary/aromatic N) is 1. The fourth-order valence-electron chi connectivity index (χ4n) is 1.77. The normalized spacial score (nSPS) is 10.1. The average molecular weight is 272 g/mol. The van der Waals surface area contributed by atoms with Crippen LogP contribution in [0.4, 0.5) is 5.82 Å². The lowest BCUT2D eigenvalue weighted by molar-refractivity contribution is 0.284. The molecular weight excluding hydrogens is 252 g/mol. The maximum atomic E-state index is 5.75. The molecule has 106 valence electrons. The van der Waals surface area contributed by atoms with Gasteiger partial charge in [-0.05, 0) is 24.6 Å². The van der Waals surface area contributed by atoms with E-state index in [0.717, 1.165) is 35.8 Å². The maximum absolute atomic E-state index is 5.75. The number of benzene rings is 1. The molecule has 0 saturated carbocycles. The molecule has 0 amide bonds. The molecule has 0 saturated heterocycles. The van der Waals surface area contributed by atoms with E-state index >= 15 is 0 Å². The zero-order valence-electron chi connectivity index (χ0n) is 11.9. The number of ether oxygens (including phenoxy) is 2. The molecule has 0 radical (unpaired) electrons. The largest absolute Gasteiger partial charge is 0.493 e. The Hall–Kier alpha value is -2.23. The Morgan fingerprint density at radius 2 is 1.90 bits per heavy atom. The molecule has 0 spiro atoms. The van der Waals surface area contributed by atoms with Crippen LogP contribution in [0.1, 0.15) is 18.9 Å². The number of methoxy groups -OCH3 is 1. The van der Waals surface area contributed by atoms with Gasteiger partial charge in [0.2, 0.25) is 0 Å². The Morgan fingerprint density at radius 1 is 1.10 bits per heavy atom. The Kier molecular flexibility index (Phi) is 5.24. The highest BCUT2D eigenvalue weighted by Crippen LogP contribution is 2.26. The van der Waals surface area contributed by atoms with E-state index < -0.39 is 0 Å². The number of hydrogen-bond acceptors (Lipinski definition) is 4. The van der Waals surface area contributed by atoms with Crippen molar-refractivity contribution in [2.75, 3.05) is 19.0 Å². The van der Waals surface area contributed by atoms with Crippen molar-refractivity contribution in [3.8, 4) is 11.5 Å². The van der Waals surface area contributed by atoms with Gasteiger partial charge in [0, 0.05) is 18.3 Å². The molecule has 0 bridgehead atoms. The number of pyridine rings is 1. The van der Waals surface area contributed by atoms with Crippen molar-refractivity contribution in [1.82, 2.24) is 4.98 Å². The highest BCUT2D eigenvalue weighted by molar-refractivity contribution is 5.40. The molecule has 4 heteroatoms. The monoisotopic (exact) mass is 272 g/mol. The van der Waals surface area contributed by atoms with Gasteiger partial charge in [-0.3, -0.25) is 0 Å². The summed E-state index contributed by atoms with van der Waals surface area (Å²) in [6, 6.07) is 11.6. The molecule has 0 fully saturated rings. The second-order valence-electron chi connectivity index (χ2n) is 4.42. The molecule has 2 rings (SSSR count). The number of anilines is 1. The number of hydrogen-bond donors (Lipinski definition) is 1. The van der Waals surface area contributed by atoms with Crippen LogP contribution in [0, 0.1) is 0 Å². The van der Waals surface area contributed by atoms with Crippen molar-refractivity contribution in [3.63, 3.8) is 0 Å². The lowest BCUT2D eigenvalue weighted by Gasteiger charge is -2.10. The Morgan fingerprint density at radius 3 is 2.55 bits per heavy atom. The number of nitrogens with one attached hydrogen (secondary N) is 1. The highest BCUT2D eigenvalue weighted by Gasteiger charge is 2.03. The average Bonchev–Trinajstić information content (AvgIpc) is 2.52. The summed E-state index contributed by atoms with van der Waals surface area (Å²) in [6.07, 6.45) is 2.91. The lowest BCUT2D eigenvalue weighted by atomic mass is 10.3. The van der Waals surface area contributed by atoms with Gasteiger partial charge < -0.3 is 14.8 Å². The third kappa shape index (κ3) is 3.88. The first-order chi connectivity index (χ1) is 9.83. The minimum Gasteiger partial charge on any atom is -0.493 e. The second-order valence-corrected chi connectivity index (χ2v) is 4.42. The lowest BCUT2D eigenvalue weighted by Crippen LogP contribution is -2.03. The van der Waals surface area contributed by atoms with Crippen LogP contribution in [0.2, 0.25) is 0 Å². The van der Waals surface area contributed by atoms with E-state index in [1.807, 2.05) is 42.6 Å².